The zero-order valence-corrected chi connectivity index (χ0v) is 17.3. The van der Waals surface area contributed by atoms with E-state index in [0.717, 1.165) is 45.3 Å². The minimum Gasteiger partial charge on any atom is -0.508 e. The van der Waals surface area contributed by atoms with Crippen LogP contribution >= 0.6 is 11.8 Å². The van der Waals surface area contributed by atoms with Gasteiger partial charge in [-0.2, -0.15) is 0 Å². The zero-order chi connectivity index (χ0) is 20.7. The molecule has 0 radical (unpaired) electrons. The van der Waals surface area contributed by atoms with Crippen molar-refractivity contribution in [2.45, 2.75) is 30.3 Å². The van der Waals surface area contributed by atoms with E-state index in [1.54, 1.807) is 22.8 Å². The summed E-state index contributed by atoms with van der Waals surface area (Å²) in [5.41, 5.74) is 3.15. The zero-order valence-electron chi connectivity index (χ0n) is 16.5. The summed E-state index contributed by atoms with van der Waals surface area (Å²) < 4.78 is 6.11. The predicted octanol–water partition coefficient (Wildman–Crippen LogP) is 2.83. The Morgan fingerprint density at radius 3 is 2.46 bits per heavy atom. The Bertz CT molecular complexity index is 795. The summed E-state index contributed by atoms with van der Waals surface area (Å²) in [6.45, 7) is 0.457. The Kier molecular flexibility index (Phi) is 7.98. The van der Waals surface area contributed by atoms with Crippen molar-refractivity contribution in [2.24, 2.45) is 11.7 Å². The van der Waals surface area contributed by atoms with Crippen LogP contribution in [0.25, 0.3) is 0 Å². The van der Waals surface area contributed by atoms with E-state index in [2.05, 4.69) is 12.3 Å². The number of hydrogen-bond donors (Lipinski definition) is 3. The summed E-state index contributed by atoms with van der Waals surface area (Å²) in [4.78, 5) is 10.5. The number of amides is 1. The van der Waals surface area contributed by atoms with Crippen LogP contribution in [-0.4, -0.2) is 36.9 Å². The number of phenols is 1. The molecule has 2 aromatic rings. The maximum atomic E-state index is 9.72. The summed E-state index contributed by atoms with van der Waals surface area (Å²) >= 11 is 1.69. The molecule has 0 unspecified atom stereocenters. The number of carbonyl (C=O) groups excluding carboxylic acids is 1. The highest BCUT2D eigenvalue weighted by molar-refractivity contribution is 7.98. The Morgan fingerprint density at radius 1 is 1.25 bits per heavy atom. The van der Waals surface area contributed by atoms with Gasteiger partial charge in [0.25, 0.3) is 0 Å². The van der Waals surface area contributed by atoms with E-state index in [1.807, 2.05) is 31.3 Å². The number of carbonyl (C=O) groups is 1. The number of nitrogens with zero attached hydrogens (tertiary/aromatic N) is 2. The molecule has 28 heavy (non-hydrogen) atoms. The van der Waals surface area contributed by atoms with Crippen molar-refractivity contribution in [1.29, 1.82) is 0 Å². The Morgan fingerprint density at radius 2 is 1.93 bits per heavy atom. The molecule has 3 rings (SSSR count). The number of hydrazine groups is 2. The normalized spacial score (nSPS) is 12.6. The van der Waals surface area contributed by atoms with Gasteiger partial charge in [-0.05, 0) is 55.3 Å². The van der Waals surface area contributed by atoms with Crippen molar-refractivity contribution >= 4 is 23.9 Å². The molecule has 1 aliphatic carbocycles. The maximum Gasteiger partial charge on any atom is 0.223 e. The molecule has 0 aliphatic heterocycles. The molecule has 7 nitrogen and oxygen atoms in total. The van der Waals surface area contributed by atoms with Crippen LogP contribution in [0.1, 0.15) is 29.9 Å². The minimum absolute atomic E-state index is 0.297. The van der Waals surface area contributed by atoms with Crippen molar-refractivity contribution in [2.75, 3.05) is 25.4 Å². The van der Waals surface area contributed by atoms with Crippen LogP contribution in [0.3, 0.4) is 0 Å². The molecule has 152 valence electrons. The molecular formula is C20H28N4O3S. The van der Waals surface area contributed by atoms with Crippen molar-refractivity contribution in [3.63, 3.8) is 0 Å². The lowest BCUT2D eigenvalue weighted by atomic mass is 10.1. The SMILES string of the molecule is CN(N)C=O.CSc1cccc(N(C)N)c1COc1ccc(O)cc1C1CC1. The molecule has 0 spiro atoms. The van der Waals surface area contributed by atoms with Gasteiger partial charge in [0.15, 0.2) is 0 Å². The minimum atomic E-state index is 0.297. The van der Waals surface area contributed by atoms with Gasteiger partial charge in [0.05, 0.1) is 5.69 Å². The lowest BCUT2D eigenvalue weighted by Gasteiger charge is -2.20. The number of aromatic hydroxyl groups is 1. The third kappa shape index (κ3) is 6.05. The van der Waals surface area contributed by atoms with Crippen molar-refractivity contribution in [3.8, 4) is 11.5 Å². The first-order valence-corrected chi connectivity index (χ1v) is 10.1. The van der Waals surface area contributed by atoms with Crippen LogP contribution in [-0.2, 0) is 11.4 Å². The number of benzene rings is 2. The molecule has 0 heterocycles. The van der Waals surface area contributed by atoms with Gasteiger partial charge in [0.1, 0.15) is 18.1 Å². The van der Waals surface area contributed by atoms with Gasteiger partial charge in [-0.15, -0.1) is 11.8 Å². The molecule has 0 aromatic heterocycles. The topological polar surface area (TPSA) is 105 Å². The average molecular weight is 405 g/mol. The number of thioether (sulfide) groups is 1. The van der Waals surface area contributed by atoms with Gasteiger partial charge in [-0.25, -0.2) is 11.7 Å². The number of rotatable bonds is 7. The average Bonchev–Trinajstić information content (AvgIpc) is 3.52. The van der Waals surface area contributed by atoms with Crippen LogP contribution in [0.2, 0.25) is 0 Å². The number of hydrogen-bond acceptors (Lipinski definition) is 7. The highest BCUT2D eigenvalue weighted by Crippen LogP contribution is 2.45. The second-order valence-corrected chi connectivity index (χ2v) is 7.47. The first kappa shape index (κ1) is 21.9. The first-order chi connectivity index (χ1) is 13.4. The smallest absolute Gasteiger partial charge is 0.223 e. The van der Waals surface area contributed by atoms with Crippen molar-refractivity contribution in [1.82, 2.24) is 5.01 Å². The molecule has 1 amide bonds. The Hall–Kier alpha value is -2.42. The summed E-state index contributed by atoms with van der Waals surface area (Å²) in [5.74, 6) is 12.4. The number of anilines is 1. The Balaban J connectivity index is 0.000000500. The summed E-state index contributed by atoms with van der Waals surface area (Å²) in [6.07, 6.45) is 4.91. The predicted molar refractivity (Wildman–Crippen MR) is 113 cm³/mol. The molecule has 2 aromatic carbocycles. The fourth-order valence-electron chi connectivity index (χ4n) is 2.75. The lowest BCUT2D eigenvalue weighted by Crippen LogP contribution is -2.26. The molecule has 0 bridgehead atoms. The van der Waals surface area contributed by atoms with E-state index < -0.39 is 0 Å². The monoisotopic (exact) mass is 404 g/mol. The third-order valence-corrected chi connectivity index (χ3v) is 5.08. The molecule has 5 N–H and O–H groups in total. The second-order valence-electron chi connectivity index (χ2n) is 6.62. The highest BCUT2D eigenvalue weighted by atomic mass is 32.2. The largest absolute Gasteiger partial charge is 0.508 e. The summed E-state index contributed by atoms with van der Waals surface area (Å²) in [7, 11) is 3.30. The molecular weight excluding hydrogens is 376 g/mol. The Labute approximate surface area is 170 Å². The number of phenolic OH excluding ortho intramolecular Hbond substituents is 1. The number of nitrogens with two attached hydrogens (primary N) is 2. The fourth-order valence-corrected chi connectivity index (χ4v) is 3.38. The van der Waals surface area contributed by atoms with E-state index in [9.17, 15) is 9.90 Å². The van der Waals surface area contributed by atoms with Crippen LogP contribution in [0.5, 0.6) is 11.5 Å². The summed E-state index contributed by atoms with van der Waals surface area (Å²) in [5, 5.41) is 12.3. The molecule has 8 heteroatoms. The van der Waals surface area contributed by atoms with Crippen molar-refractivity contribution in [3.05, 3.63) is 47.5 Å². The molecule has 1 saturated carbocycles. The van der Waals surface area contributed by atoms with Gasteiger partial charge in [-0.3, -0.25) is 9.80 Å². The van der Waals surface area contributed by atoms with E-state index >= 15 is 0 Å². The molecule has 0 atom stereocenters. The fraction of sp³-hybridized carbons (Fsp3) is 0.350. The van der Waals surface area contributed by atoms with Gasteiger partial charge < -0.3 is 14.9 Å². The first-order valence-electron chi connectivity index (χ1n) is 8.90. The highest BCUT2D eigenvalue weighted by Gasteiger charge is 2.27. The van der Waals surface area contributed by atoms with Gasteiger partial charge >= 0.3 is 0 Å². The molecule has 1 fully saturated rings. The second kappa shape index (κ2) is 10.2. The van der Waals surface area contributed by atoms with Crippen LogP contribution < -0.4 is 21.4 Å². The molecule has 0 saturated heterocycles. The van der Waals surface area contributed by atoms with E-state index in [1.165, 1.54) is 7.05 Å². The maximum absolute atomic E-state index is 9.72. The summed E-state index contributed by atoms with van der Waals surface area (Å²) in [6, 6.07) is 11.4. The number of ether oxygens (including phenoxy) is 1. The third-order valence-electron chi connectivity index (χ3n) is 4.26. The van der Waals surface area contributed by atoms with Crippen LogP contribution in [0.15, 0.2) is 41.3 Å². The standard InChI is InChI=1S/C18H22N2O2S.C2H6N2O/c1-20(19)16-4-3-5-18(23-2)15(16)11-22-17-9-8-13(21)10-14(17)12-6-7-12;1-4(3)2-5/h3-5,8-10,12,21H,6-7,11,19H2,1-2H3;2H,3H2,1H3. The molecule has 1 aliphatic rings. The van der Waals surface area contributed by atoms with Crippen LogP contribution in [0.4, 0.5) is 5.69 Å². The van der Waals surface area contributed by atoms with Gasteiger partial charge in [0.2, 0.25) is 6.41 Å². The van der Waals surface area contributed by atoms with Gasteiger partial charge in [0, 0.05) is 30.1 Å². The quantitative estimate of drug-likeness (QED) is 0.214. The van der Waals surface area contributed by atoms with E-state index in [-0.39, 0.29) is 0 Å². The van der Waals surface area contributed by atoms with Crippen molar-refractivity contribution < 1.29 is 14.6 Å². The van der Waals surface area contributed by atoms with Gasteiger partial charge in [-0.1, -0.05) is 6.07 Å². The lowest BCUT2D eigenvalue weighted by molar-refractivity contribution is -0.117. The van der Waals surface area contributed by atoms with Crippen LogP contribution in [0, 0.1) is 0 Å². The van der Waals surface area contributed by atoms with E-state index in [4.69, 9.17) is 16.4 Å². The van der Waals surface area contributed by atoms with E-state index in [0.29, 0.717) is 24.7 Å².